The van der Waals surface area contributed by atoms with Gasteiger partial charge in [-0.05, 0) is 55.3 Å². The molecule has 0 saturated carbocycles. The van der Waals surface area contributed by atoms with Crippen LogP contribution >= 0.6 is 0 Å². The summed E-state index contributed by atoms with van der Waals surface area (Å²) in [6.07, 6.45) is 2.09. The van der Waals surface area contributed by atoms with E-state index < -0.39 is 0 Å². The predicted molar refractivity (Wildman–Crippen MR) is 93.5 cm³/mol. The lowest BCUT2D eigenvalue weighted by Crippen LogP contribution is -2.10. The molecule has 3 rings (SSSR count). The Morgan fingerprint density at radius 3 is 2.50 bits per heavy atom. The Morgan fingerprint density at radius 2 is 1.77 bits per heavy atom. The summed E-state index contributed by atoms with van der Waals surface area (Å²) in [4.78, 5) is 2.20. The van der Waals surface area contributed by atoms with E-state index >= 15 is 0 Å². The quantitative estimate of drug-likeness (QED) is 0.704. The van der Waals surface area contributed by atoms with Crippen molar-refractivity contribution in [1.82, 2.24) is 4.57 Å². The van der Waals surface area contributed by atoms with Crippen LogP contribution in [0.3, 0.4) is 0 Å². The third-order valence-corrected chi connectivity index (χ3v) is 4.47. The largest absolute Gasteiger partial charge is 0.496 e. The third kappa shape index (κ3) is 2.33. The first kappa shape index (κ1) is 14.5. The maximum Gasteiger partial charge on any atom is 0.124 e. The molecule has 0 aliphatic carbocycles. The van der Waals surface area contributed by atoms with Gasteiger partial charge in [0.1, 0.15) is 5.75 Å². The normalized spacial score (nSPS) is 11.0. The van der Waals surface area contributed by atoms with Gasteiger partial charge in [-0.25, -0.2) is 0 Å². The van der Waals surface area contributed by atoms with Gasteiger partial charge in [0.05, 0.1) is 7.11 Å². The number of rotatable bonds is 3. The molecule has 0 radical (unpaired) electrons. The van der Waals surface area contributed by atoms with Gasteiger partial charge in [0.2, 0.25) is 0 Å². The van der Waals surface area contributed by atoms with Gasteiger partial charge in [0, 0.05) is 48.6 Å². The number of aryl methyl sites for hydroxylation is 2. The molecule has 0 aliphatic heterocycles. The van der Waals surface area contributed by atoms with Gasteiger partial charge in [-0.2, -0.15) is 0 Å². The first-order chi connectivity index (χ1) is 10.5. The Bertz CT molecular complexity index is 833. The molecule has 0 bridgehead atoms. The lowest BCUT2D eigenvalue weighted by Gasteiger charge is -2.22. The fourth-order valence-corrected chi connectivity index (χ4v) is 2.84. The summed E-state index contributed by atoms with van der Waals surface area (Å²) >= 11 is 0. The molecule has 0 fully saturated rings. The van der Waals surface area contributed by atoms with Crippen molar-refractivity contribution in [3.8, 4) is 5.75 Å². The second-order valence-corrected chi connectivity index (χ2v) is 5.82. The SMILES string of the molecule is COc1cc(N(C)c2ccc3c(ccn3C)c2)cc(C)c1C. The van der Waals surface area contributed by atoms with Crippen molar-refractivity contribution >= 4 is 22.3 Å². The zero-order valence-electron chi connectivity index (χ0n) is 13.8. The molecule has 0 atom stereocenters. The van der Waals surface area contributed by atoms with Crippen LogP contribution in [-0.2, 0) is 7.05 Å². The molecule has 2 aromatic carbocycles. The molecule has 3 heteroatoms. The summed E-state index contributed by atoms with van der Waals surface area (Å²) in [6.45, 7) is 4.21. The van der Waals surface area contributed by atoms with Crippen molar-refractivity contribution in [2.45, 2.75) is 13.8 Å². The molecule has 0 amide bonds. The second kappa shape index (κ2) is 5.41. The monoisotopic (exact) mass is 294 g/mol. The first-order valence-corrected chi connectivity index (χ1v) is 7.45. The molecule has 114 valence electrons. The van der Waals surface area contributed by atoms with Crippen LogP contribution in [0.5, 0.6) is 5.75 Å². The molecule has 0 spiro atoms. The van der Waals surface area contributed by atoms with Crippen molar-refractivity contribution in [3.63, 3.8) is 0 Å². The lowest BCUT2D eigenvalue weighted by atomic mass is 10.1. The van der Waals surface area contributed by atoms with E-state index in [1.165, 1.54) is 27.7 Å². The maximum atomic E-state index is 5.50. The summed E-state index contributed by atoms with van der Waals surface area (Å²) in [6, 6.07) is 13.0. The Labute approximate surface area is 131 Å². The summed E-state index contributed by atoms with van der Waals surface area (Å²) in [5.41, 5.74) is 5.98. The minimum Gasteiger partial charge on any atom is -0.496 e. The van der Waals surface area contributed by atoms with Crippen molar-refractivity contribution in [1.29, 1.82) is 0 Å². The highest BCUT2D eigenvalue weighted by molar-refractivity contribution is 5.85. The summed E-state index contributed by atoms with van der Waals surface area (Å²) in [7, 11) is 5.88. The topological polar surface area (TPSA) is 17.4 Å². The van der Waals surface area contributed by atoms with Gasteiger partial charge in [-0.3, -0.25) is 0 Å². The molecule has 3 aromatic rings. The van der Waals surface area contributed by atoms with E-state index in [1.807, 2.05) is 0 Å². The van der Waals surface area contributed by atoms with Crippen LogP contribution < -0.4 is 9.64 Å². The van der Waals surface area contributed by atoms with Gasteiger partial charge < -0.3 is 14.2 Å². The fraction of sp³-hybridized carbons (Fsp3) is 0.263. The molecule has 22 heavy (non-hydrogen) atoms. The van der Waals surface area contributed by atoms with Crippen molar-refractivity contribution < 1.29 is 4.74 Å². The highest BCUT2D eigenvalue weighted by atomic mass is 16.5. The van der Waals surface area contributed by atoms with E-state index in [0.717, 1.165) is 11.4 Å². The average Bonchev–Trinajstić information content (AvgIpc) is 2.90. The number of fused-ring (bicyclic) bond motifs is 1. The zero-order chi connectivity index (χ0) is 15.9. The highest BCUT2D eigenvalue weighted by Crippen LogP contribution is 2.32. The number of aromatic nitrogens is 1. The van der Waals surface area contributed by atoms with Crippen LogP contribution in [0.4, 0.5) is 11.4 Å². The Morgan fingerprint density at radius 1 is 1.00 bits per heavy atom. The van der Waals surface area contributed by atoms with Crippen molar-refractivity contribution in [3.05, 3.63) is 53.7 Å². The number of methoxy groups -OCH3 is 1. The molecule has 0 saturated heterocycles. The highest BCUT2D eigenvalue weighted by Gasteiger charge is 2.10. The number of anilines is 2. The number of benzene rings is 2. The zero-order valence-corrected chi connectivity index (χ0v) is 13.8. The van der Waals surface area contributed by atoms with Gasteiger partial charge in [0.15, 0.2) is 0 Å². The molecule has 1 aromatic heterocycles. The second-order valence-electron chi connectivity index (χ2n) is 5.82. The smallest absolute Gasteiger partial charge is 0.124 e. The summed E-state index contributed by atoms with van der Waals surface area (Å²) in [5.74, 6) is 0.933. The standard InChI is InChI=1S/C19H22N2O/c1-13-10-17(12-19(22-5)14(13)2)21(4)16-6-7-18-15(11-16)8-9-20(18)3/h6-12H,1-5H3. The Kier molecular flexibility index (Phi) is 3.57. The first-order valence-electron chi connectivity index (χ1n) is 7.45. The van der Waals surface area contributed by atoms with Crippen LogP contribution in [0.1, 0.15) is 11.1 Å². The van der Waals surface area contributed by atoms with Crippen LogP contribution in [0.15, 0.2) is 42.6 Å². The minimum atomic E-state index is 0.933. The van der Waals surface area contributed by atoms with Crippen molar-refractivity contribution in [2.24, 2.45) is 7.05 Å². The molecular formula is C19H22N2O. The van der Waals surface area contributed by atoms with E-state index in [1.54, 1.807) is 7.11 Å². The lowest BCUT2D eigenvalue weighted by molar-refractivity contribution is 0.411. The van der Waals surface area contributed by atoms with Gasteiger partial charge in [-0.1, -0.05) is 0 Å². The van der Waals surface area contributed by atoms with Crippen LogP contribution in [0.25, 0.3) is 10.9 Å². The van der Waals surface area contributed by atoms with Gasteiger partial charge in [-0.15, -0.1) is 0 Å². The van der Waals surface area contributed by atoms with Gasteiger partial charge in [0.25, 0.3) is 0 Å². The number of nitrogens with zero attached hydrogens (tertiary/aromatic N) is 2. The van der Waals surface area contributed by atoms with E-state index in [0.29, 0.717) is 0 Å². The molecule has 3 nitrogen and oxygen atoms in total. The van der Waals surface area contributed by atoms with E-state index in [4.69, 9.17) is 4.74 Å². The van der Waals surface area contributed by atoms with Crippen molar-refractivity contribution in [2.75, 3.05) is 19.1 Å². The molecule has 0 N–H and O–H groups in total. The number of ether oxygens (including phenoxy) is 1. The van der Waals surface area contributed by atoms with E-state index in [2.05, 4.69) is 80.0 Å². The Balaban J connectivity index is 2.05. The van der Waals surface area contributed by atoms with Crippen LogP contribution in [0.2, 0.25) is 0 Å². The maximum absolute atomic E-state index is 5.50. The molecule has 0 aliphatic rings. The average molecular weight is 294 g/mol. The Hall–Kier alpha value is -2.42. The fourth-order valence-electron chi connectivity index (χ4n) is 2.84. The van der Waals surface area contributed by atoms with E-state index in [9.17, 15) is 0 Å². The van der Waals surface area contributed by atoms with E-state index in [-0.39, 0.29) is 0 Å². The predicted octanol–water partition coefficient (Wildman–Crippen LogP) is 4.57. The molecule has 1 heterocycles. The third-order valence-electron chi connectivity index (χ3n) is 4.47. The minimum absolute atomic E-state index is 0.933. The summed E-state index contributed by atoms with van der Waals surface area (Å²) in [5, 5.41) is 1.25. The molecular weight excluding hydrogens is 272 g/mol. The van der Waals surface area contributed by atoms with Gasteiger partial charge >= 0.3 is 0 Å². The van der Waals surface area contributed by atoms with Crippen LogP contribution in [0, 0.1) is 13.8 Å². The van der Waals surface area contributed by atoms with Crippen LogP contribution in [-0.4, -0.2) is 18.7 Å². The number of hydrogen-bond donors (Lipinski definition) is 0. The number of hydrogen-bond acceptors (Lipinski definition) is 2. The molecule has 0 unspecified atom stereocenters. The summed E-state index contributed by atoms with van der Waals surface area (Å²) < 4.78 is 7.63.